The van der Waals surface area contributed by atoms with E-state index in [2.05, 4.69) is 21.8 Å². The summed E-state index contributed by atoms with van der Waals surface area (Å²) < 4.78 is 11.4. The fourth-order valence-corrected chi connectivity index (χ4v) is 2.94. The Balaban J connectivity index is 1.68. The molecule has 1 saturated heterocycles. The maximum absolute atomic E-state index is 5.84. The van der Waals surface area contributed by atoms with Crippen molar-refractivity contribution in [2.75, 3.05) is 13.2 Å². The van der Waals surface area contributed by atoms with Crippen molar-refractivity contribution in [3.63, 3.8) is 0 Å². The van der Waals surface area contributed by atoms with Crippen LogP contribution in [0.5, 0.6) is 5.88 Å². The van der Waals surface area contributed by atoms with Crippen molar-refractivity contribution >= 4 is 21.6 Å². The number of aromatic nitrogens is 1. The molecule has 0 spiro atoms. The Kier molecular flexibility index (Phi) is 3.25. The molecule has 3 nitrogen and oxygen atoms in total. The second-order valence-corrected chi connectivity index (χ2v) is 5.25. The second-order valence-electron chi connectivity index (χ2n) is 4.44. The molecule has 1 aromatic heterocycles. The molecule has 1 aliphatic rings. The van der Waals surface area contributed by atoms with Gasteiger partial charge in [-0.05, 0) is 43.1 Å². The number of nitrogens with one attached hydrogen (secondary N) is 1. The van der Waals surface area contributed by atoms with E-state index in [1.807, 2.05) is 12.1 Å². The first kappa shape index (κ1) is 11.0. The number of benzene rings is 1. The first-order chi connectivity index (χ1) is 8.43. The number of nitrogens with zero attached hydrogens (tertiary/aromatic N) is 1. The highest BCUT2D eigenvalue weighted by molar-refractivity contribution is 7.13. The van der Waals surface area contributed by atoms with Gasteiger partial charge < -0.3 is 10.1 Å². The quantitative estimate of drug-likeness (QED) is 0.907. The Bertz CT molecular complexity index is 491. The Labute approximate surface area is 105 Å². The van der Waals surface area contributed by atoms with Crippen LogP contribution in [0.2, 0.25) is 0 Å². The molecule has 1 fully saturated rings. The van der Waals surface area contributed by atoms with Crippen LogP contribution in [0.15, 0.2) is 24.3 Å². The van der Waals surface area contributed by atoms with Crippen LogP contribution in [0.1, 0.15) is 19.3 Å². The van der Waals surface area contributed by atoms with Gasteiger partial charge in [-0.1, -0.05) is 18.6 Å². The van der Waals surface area contributed by atoms with Gasteiger partial charge in [0.25, 0.3) is 0 Å². The van der Waals surface area contributed by atoms with Crippen molar-refractivity contribution in [3.8, 4) is 5.88 Å². The summed E-state index contributed by atoms with van der Waals surface area (Å²) in [4.78, 5) is 0. The maximum Gasteiger partial charge on any atom is 0.233 e. The van der Waals surface area contributed by atoms with Crippen LogP contribution >= 0.6 is 11.5 Å². The molecule has 1 aliphatic heterocycles. The second kappa shape index (κ2) is 5.02. The molecule has 17 heavy (non-hydrogen) atoms. The van der Waals surface area contributed by atoms with E-state index in [-0.39, 0.29) is 0 Å². The van der Waals surface area contributed by atoms with E-state index in [0.29, 0.717) is 6.04 Å². The summed E-state index contributed by atoms with van der Waals surface area (Å²) in [7, 11) is 0. The van der Waals surface area contributed by atoms with Crippen molar-refractivity contribution in [3.05, 3.63) is 24.3 Å². The molecule has 0 amide bonds. The smallest absolute Gasteiger partial charge is 0.233 e. The predicted molar refractivity (Wildman–Crippen MR) is 70.8 cm³/mol. The Morgan fingerprint density at radius 2 is 2.29 bits per heavy atom. The predicted octanol–water partition coefficient (Wildman–Crippen LogP) is 2.82. The molecule has 2 aromatic rings. The Hall–Kier alpha value is -1.13. The van der Waals surface area contributed by atoms with Crippen molar-refractivity contribution in [2.24, 2.45) is 0 Å². The SMILES string of the molecule is c1ccc2c(OC[C@H]3CCCCN3)nsc2c1. The lowest BCUT2D eigenvalue weighted by atomic mass is 10.1. The molecule has 4 heteroatoms. The van der Waals surface area contributed by atoms with E-state index >= 15 is 0 Å². The van der Waals surface area contributed by atoms with Gasteiger partial charge in [0, 0.05) is 6.04 Å². The summed E-state index contributed by atoms with van der Waals surface area (Å²) in [6, 6.07) is 8.71. The standard InChI is InChI=1S/C13H16N2OS/c1-2-7-12-11(6-1)13(15-17-12)16-9-10-5-3-4-8-14-10/h1-2,6-7,10,14H,3-5,8-9H2/t10-/m1/s1. The lowest BCUT2D eigenvalue weighted by Crippen LogP contribution is -2.38. The topological polar surface area (TPSA) is 34.1 Å². The van der Waals surface area contributed by atoms with E-state index in [4.69, 9.17) is 4.74 Å². The summed E-state index contributed by atoms with van der Waals surface area (Å²) >= 11 is 1.51. The van der Waals surface area contributed by atoms with Gasteiger partial charge in [-0.3, -0.25) is 0 Å². The normalized spacial score (nSPS) is 20.6. The number of fused-ring (bicyclic) bond motifs is 1. The Morgan fingerprint density at radius 1 is 1.35 bits per heavy atom. The number of hydrogen-bond donors (Lipinski definition) is 1. The van der Waals surface area contributed by atoms with E-state index in [9.17, 15) is 0 Å². The molecule has 0 unspecified atom stereocenters. The monoisotopic (exact) mass is 248 g/mol. The zero-order chi connectivity index (χ0) is 11.5. The third-order valence-electron chi connectivity index (χ3n) is 3.18. The lowest BCUT2D eigenvalue weighted by molar-refractivity contribution is 0.236. The zero-order valence-corrected chi connectivity index (χ0v) is 10.5. The molecule has 0 aliphatic carbocycles. The minimum absolute atomic E-state index is 0.490. The van der Waals surface area contributed by atoms with Gasteiger partial charge in [0.05, 0.1) is 10.1 Å². The van der Waals surface area contributed by atoms with Crippen LogP contribution in [0.3, 0.4) is 0 Å². The van der Waals surface area contributed by atoms with Crippen molar-refractivity contribution in [2.45, 2.75) is 25.3 Å². The largest absolute Gasteiger partial charge is 0.475 e. The van der Waals surface area contributed by atoms with Crippen LogP contribution in [-0.2, 0) is 0 Å². The first-order valence-electron chi connectivity index (χ1n) is 6.14. The highest BCUT2D eigenvalue weighted by Gasteiger charge is 2.14. The van der Waals surface area contributed by atoms with Crippen LogP contribution in [0, 0.1) is 0 Å². The minimum atomic E-state index is 0.490. The third-order valence-corrected chi connectivity index (χ3v) is 3.99. The van der Waals surface area contributed by atoms with Gasteiger partial charge in [-0.15, -0.1) is 0 Å². The summed E-state index contributed by atoms with van der Waals surface area (Å²) in [6.07, 6.45) is 3.80. The minimum Gasteiger partial charge on any atom is -0.475 e. The molecule has 90 valence electrons. The number of piperidine rings is 1. The molecular weight excluding hydrogens is 232 g/mol. The summed E-state index contributed by atoms with van der Waals surface area (Å²) in [5.74, 6) is 0.790. The van der Waals surface area contributed by atoms with E-state index in [0.717, 1.165) is 24.4 Å². The van der Waals surface area contributed by atoms with Gasteiger partial charge in [-0.2, -0.15) is 4.37 Å². The van der Waals surface area contributed by atoms with Gasteiger partial charge in [0.1, 0.15) is 6.61 Å². The number of ether oxygens (including phenoxy) is 1. The number of rotatable bonds is 3. The van der Waals surface area contributed by atoms with Gasteiger partial charge >= 0.3 is 0 Å². The van der Waals surface area contributed by atoms with Crippen LogP contribution in [-0.4, -0.2) is 23.6 Å². The fourth-order valence-electron chi connectivity index (χ4n) is 2.21. The molecule has 1 aromatic carbocycles. The molecule has 1 atom stereocenters. The van der Waals surface area contributed by atoms with Gasteiger partial charge in [0.2, 0.25) is 5.88 Å². The van der Waals surface area contributed by atoms with Crippen LogP contribution in [0.4, 0.5) is 0 Å². The first-order valence-corrected chi connectivity index (χ1v) is 6.91. The van der Waals surface area contributed by atoms with Crippen molar-refractivity contribution in [1.29, 1.82) is 0 Å². The fraction of sp³-hybridized carbons (Fsp3) is 0.462. The average molecular weight is 248 g/mol. The van der Waals surface area contributed by atoms with Crippen LogP contribution in [0.25, 0.3) is 10.1 Å². The van der Waals surface area contributed by atoms with Gasteiger partial charge in [-0.25, -0.2) is 0 Å². The lowest BCUT2D eigenvalue weighted by Gasteiger charge is -2.22. The molecule has 2 heterocycles. The third kappa shape index (κ3) is 2.42. The van der Waals surface area contributed by atoms with Crippen molar-refractivity contribution < 1.29 is 4.74 Å². The highest BCUT2D eigenvalue weighted by atomic mass is 32.1. The number of hydrogen-bond acceptors (Lipinski definition) is 4. The van der Waals surface area contributed by atoms with Crippen molar-refractivity contribution in [1.82, 2.24) is 9.69 Å². The molecule has 1 N–H and O–H groups in total. The van der Waals surface area contributed by atoms with E-state index in [1.54, 1.807) is 0 Å². The van der Waals surface area contributed by atoms with Crippen LogP contribution < -0.4 is 10.1 Å². The average Bonchev–Trinajstić information content (AvgIpc) is 2.81. The molecule has 0 bridgehead atoms. The van der Waals surface area contributed by atoms with Gasteiger partial charge in [0.15, 0.2) is 0 Å². The summed E-state index contributed by atoms with van der Waals surface area (Å²) in [5.41, 5.74) is 0. The van der Waals surface area contributed by atoms with E-state index < -0.39 is 0 Å². The molecule has 0 saturated carbocycles. The van der Waals surface area contributed by atoms with E-state index in [1.165, 1.54) is 35.5 Å². The maximum atomic E-state index is 5.84. The Morgan fingerprint density at radius 3 is 3.18 bits per heavy atom. The molecular formula is C13H16N2OS. The summed E-state index contributed by atoms with van der Waals surface area (Å²) in [5, 5.41) is 4.61. The highest BCUT2D eigenvalue weighted by Crippen LogP contribution is 2.28. The summed E-state index contributed by atoms with van der Waals surface area (Å²) in [6.45, 7) is 1.85. The molecule has 3 rings (SSSR count). The molecule has 0 radical (unpaired) electrons. The zero-order valence-electron chi connectivity index (χ0n) is 9.69.